The van der Waals surface area contributed by atoms with E-state index in [0.717, 1.165) is 34.5 Å². The Balaban J connectivity index is 2.12. The lowest BCUT2D eigenvalue weighted by Gasteiger charge is -2.16. The number of ether oxygens (including phenoxy) is 1. The van der Waals surface area contributed by atoms with Crippen LogP contribution in [0.4, 0.5) is 5.69 Å². The van der Waals surface area contributed by atoms with Gasteiger partial charge in [-0.05, 0) is 32.4 Å². The van der Waals surface area contributed by atoms with E-state index < -0.39 is 6.23 Å². The first-order chi connectivity index (χ1) is 11.6. The van der Waals surface area contributed by atoms with Crippen molar-refractivity contribution >= 4 is 17.3 Å². The van der Waals surface area contributed by atoms with E-state index in [1.54, 1.807) is 0 Å². The van der Waals surface area contributed by atoms with Gasteiger partial charge in [-0.1, -0.05) is 48.9 Å². The summed E-state index contributed by atoms with van der Waals surface area (Å²) >= 11 is 0. The molecule has 124 valence electrons. The molecule has 0 aromatic heterocycles. The summed E-state index contributed by atoms with van der Waals surface area (Å²) in [6.45, 7) is 6.01. The van der Waals surface area contributed by atoms with Gasteiger partial charge >= 0.3 is 0 Å². The Morgan fingerprint density at radius 3 is 2.67 bits per heavy atom. The van der Waals surface area contributed by atoms with Crippen molar-refractivity contribution in [3.8, 4) is 0 Å². The number of anilines is 1. The van der Waals surface area contributed by atoms with Crippen molar-refractivity contribution in [2.75, 3.05) is 5.32 Å². The van der Waals surface area contributed by atoms with Crippen LogP contribution in [0.1, 0.15) is 37.0 Å². The van der Waals surface area contributed by atoms with Crippen LogP contribution < -0.4 is 5.32 Å². The molecule has 24 heavy (non-hydrogen) atoms. The van der Waals surface area contributed by atoms with E-state index in [1.807, 2.05) is 69.3 Å². The van der Waals surface area contributed by atoms with Crippen LogP contribution in [0.2, 0.25) is 0 Å². The Morgan fingerprint density at radius 1 is 1.21 bits per heavy atom. The zero-order chi connectivity index (χ0) is 17.1. The Morgan fingerprint density at radius 2 is 1.96 bits per heavy atom. The minimum absolute atomic E-state index is 0.0375. The molecular formula is C20H22N2O2. The Labute approximate surface area is 142 Å². The van der Waals surface area contributed by atoms with Gasteiger partial charge in [0.25, 0.3) is 5.91 Å². The highest BCUT2D eigenvalue weighted by molar-refractivity contribution is 6.19. The topological polar surface area (TPSA) is 50.7 Å². The average molecular weight is 322 g/mol. The lowest BCUT2D eigenvalue weighted by Crippen LogP contribution is -2.31. The van der Waals surface area contributed by atoms with Crippen LogP contribution in [-0.2, 0) is 9.53 Å². The van der Waals surface area contributed by atoms with Crippen molar-refractivity contribution < 1.29 is 9.53 Å². The Bertz CT molecular complexity index is 768. The lowest BCUT2D eigenvalue weighted by molar-refractivity contribution is -0.130. The second-order valence-electron chi connectivity index (χ2n) is 6.09. The standard InChI is InChI=1S/C20H22N2O2/c1-4-14(3)24-20-19(23)21-17-11-10-13(2)12-16(17)18(22-20)15-8-6-5-7-9-15/h5-12,14,20H,4H2,1-3H3,(H,21,23)/t14-,20-/m1/s1. The molecule has 4 heteroatoms. The van der Waals surface area contributed by atoms with Gasteiger partial charge in [0.05, 0.1) is 17.5 Å². The Hall–Kier alpha value is -2.46. The van der Waals surface area contributed by atoms with Crippen molar-refractivity contribution in [1.29, 1.82) is 0 Å². The third-order valence-corrected chi connectivity index (χ3v) is 4.14. The van der Waals surface area contributed by atoms with Crippen molar-refractivity contribution in [1.82, 2.24) is 0 Å². The van der Waals surface area contributed by atoms with Crippen molar-refractivity contribution in [2.45, 2.75) is 39.5 Å². The van der Waals surface area contributed by atoms with Crippen LogP contribution >= 0.6 is 0 Å². The maximum absolute atomic E-state index is 12.5. The van der Waals surface area contributed by atoms with E-state index in [0.29, 0.717) is 0 Å². The fourth-order valence-electron chi connectivity index (χ4n) is 2.64. The molecule has 2 atom stereocenters. The third kappa shape index (κ3) is 3.39. The molecule has 2 aromatic rings. The van der Waals surface area contributed by atoms with Gasteiger partial charge in [-0.25, -0.2) is 4.99 Å². The molecule has 0 fully saturated rings. The van der Waals surface area contributed by atoms with E-state index in [1.165, 1.54) is 0 Å². The van der Waals surface area contributed by atoms with E-state index >= 15 is 0 Å². The summed E-state index contributed by atoms with van der Waals surface area (Å²) in [7, 11) is 0. The van der Waals surface area contributed by atoms with Crippen LogP contribution in [0.25, 0.3) is 0 Å². The largest absolute Gasteiger partial charge is 0.345 e. The highest BCUT2D eigenvalue weighted by atomic mass is 16.5. The molecule has 1 N–H and O–H groups in total. The molecular weight excluding hydrogens is 300 g/mol. The summed E-state index contributed by atoms with van der Waals surface area (Å²) in [6, 6.07) is 15.9. The van der Waals surface area contributed by atoms with E-state index in [9.17, 15) is 4.79 Å². The number of carbonyl (C=O) groups excluding carboxylic acids is 1. The first-order valence-electron chi connectivity index (χ1n) is 8.29. The van der Waals surface area contributed by atoms with Crippen LogP contribution in [0, 0.1) is 6.92 Å². The highest BCUT2D eigenvalue weighted by Gasteiger charge is 2.27. The fourth-order valence-corrected chi connectivity index (χ4v) is 2.64. The van der Waals surface area contributed by atoms with Gasteiger partial charge in [0.1, 0.15) is 0 Å². The molecule has 0 saturated heterocycles. The smallest absolute Gasteiger partial charge is 0.276 e. The average Bonchev–Trinajstić information content (AvgIpc) is 2.72. The molecule has 2 aromatic carbocycles. The van der Waals surface area contributed by atoms with E-state index in [4.69, 9.17) is 4.74 Å². The van der Waals surface area contributed by atoms with Crippen molar-refractivity contribution in [3.05, 3.63) is 65.2 Å². The molecule has 0 aliphatic carbocycles. The summed E-state index contributed by atoms with van der Waals surface area (Å²) in [5.74, 6) is -0.230. The second-order valence-corrected chi connectivity index (χ2v) is 6.09. The predicted molar refractivity (Wildman–Crippen MR) is 96.5 cm³/mol. The number of hydrogen-bond acceptors (Lipinski definition) is 3. The summed E-state index contributed by atoms with van der Waals surface area (Å²) in [5.41, 5.74) is 4.56. The van der Waals surface area contributed by atoms with Crippen molar-refractivity contribution in [2.24, 2.45) is 4.99 Å². The quantitative estimate of drug-likeness (QED) is 0.927. The van der Waals surface area contributed by atoms with Gasteiger partial charge in [-0.3, -0.25) is 4.79 Å². The van der Waals surface area contributed by atoms with E-state index in [2.05, 4.69) is 10.3 Å². The summed E-state index contributed by atoms with van der Waals surface area (Å²) in [4.78, 5) is 17.2. The maximum atomic E-state index is 12.5. The summed E-state index contributed by atoms with van der Waals surface area (Å²) in [6.07, 6.45) is -0.0567. The van der Waals surface area contributed by atoms with Crippen molar-refractivity contribution in [3.63, 3.8) is 0 Å². The van der Waals surface area contributed by atoms with Crippen LogP contribution in [0.5, 0.6) is 0 Å². The third-order valence-electron chi connectivity index (χ3n) is 4.14. The van der Waals surface area contributed by atoms with Gasteiger partial charge in [0, 0.05) is 11.1 Å². The predicted octanol–water partition coefficient (Wildman–Crippen LogP) is 3.93. The molecule has 0 saturated carbocycles. The molecule has 3 rings (SSSR count). The fraction of sp³-hybridized carbons (Fsp3) is 0.300. The molecule has 1 amide bonds. The molecule has 0 unspecified atom stereocenters. The minimum Gasteiger partial charge on any atom is -0.345 e. The second kappa shape index (κ2) is 6.97. The van der Waals surface area contributed by atoms with Gasteiger partial charge in [0.15, 0.2) is 0 Å². The minimum atomic E-state index is -0.845. The van der Waals surface area contributed by atoms with Gasteiger partial charge < -0.3 is 10.1 Å². The first kappa shape index (κ1) is 16.4. The van der Waals surface area contributed by atoms with Gasteiger partial charge in [-0.2, -0.15) is 0 Å². The molecule has 0 spiro atoms. The SMILES string of the molecule is CC[C@@H](C)O[C@H]1N=C(c2ccccc2)c2cc(C)ccc2NC1=O. The zero-order valence-electron chi connectivity index (χ0n) is 14.2. The summed E-state index contributed by atoms with van der Waals surface area (Å²) in [5, 5.41) is 2.95. The highest BCUT2D eigenvalue weighted by Crippen LogP contribution is 2.26. The number of benzodiazepines with no additional fused rings is 1. The number of carbonyl (C=O) groups is 1. The monoisotopic (exact) mass is 322 g/mol. The van der Waals surface area contributed by atoms with Crippen LogP contribution in [0.3, 0.4) is 0 Å². The summed E-state index contributed by atoms with van der Waals surface area (Å²) < 4.78 is 5.85. The zero-order valence-corrected chi connectivity index (χ0v) is 14.2. The number of hydrogen-bond donors (Lipinski definition) is 1. The number of aryl methyl sites for hydroxylation is 1. The molecule has 1 aliphatic rings. The number of amides is 1. The molecule has 0 radical (unpaired) electrons. The van der Waals surface area contributed by atoms with Crippen LogP contribution in [0.15, 0.2) is 53.5 Å². The lowest BCUT2D eigenvalue weighted by atomic mass is 9.99. The number of rotatable bonds is 4. The van der Waals surface area contributed by atoms with Gasteiger partial charge in [-0.15, -0.1) is 0 Å². The maximum Gasteiger partial charge on any atom is 0.276 e. The molecule has 1 aliphatic heterocycles. The number of nitrogens with zero attached hydrogens (tertiary/aromatic N) is 1. The number of benzene rings is 2. The number of fused-ring (bicyclic) bond motifs is 1. The first-order valence-corrected chi connectivity index (χ1v) is 8.29. The molecule has 0 bridgehead atoms. The number of aliphatic imine (C=N–C) groups is 1. The Kier molecular flexibility index (Phi) is 4.76. The van der Waals surface area contributed by atoms with Gasteiger partial charge in [0.2, 0.25) is 6.23 Å². The van der Waals surface area contributed by atoms with E-state index in [-0.39, 0.29) is 12.0 Å². The molecule has 4 nitrogen and oxygen atoms in total. The molecule has 1 heterocycles. The normalized spacial score (nSPS) is 18.2. The van der Waals surface area contributed by atoms with Crippen LogP contribution in [-0.4, -0.2) is 24.0 Å². The number of nitrogens with one attached hydrogen (secondary N) is 1.